The lowest BCUT2D eigenvalue weighted by Gasteiger charge is -2.35. The molecule has 2 aromatic carbocycles. The Morgan fingerprint density at radius 1 is 1.04 bits per heavy atom. The van der Waals surface area contributed by atoms with Crippen LogP contribution < -0.4 is 5.32 Å². The smallest absolute Gasteiger partial charge is 0.169 e. The molecule has 0 radical (unpaired) electrons. The highest BCUT2D eigenvalue weighted by atomic mass is 32.1. The molecular formula is C21H26N2S. The van der Waals surface area contributed by atoms with Crippen LogP contribution in [0.15, 0.2) is 60.7 Å². The van der Waals surface area contributed by atoms with Gasteiger partial charge < -0.3 is 10.2 Å². The summed E-state index contributed by atoms with van der Waals surface area (Å²) in [5, 5.41) is 4.38. The molecule has 0 amide bonds. The molecular weight excluding hydrogens is 312 g/mol. The lowest BCUT2D eigenvalue weighted by molar-refractivity contribution is 0.261. The van der Waals surface area contributed by atoms with Gasteiger partial charge in [0.05, 0.1) is 6.04 Å². The van der Waals surface area contributed by atoms with E-state index in [1.807, 2.05) is 6.07 Å². The molecule has 3 heteroatoms. The van der Waals surface area contributed by atoms with E-state index in [2.05, 4.69) is 71.7 Å². The van der Waals surface area contributed by atoms with Crippen LogP contribution in [0, 0.1) is 5.92 Å². The summed E-state index contributed by atoms with van der Waals surface area (Å²) < 4.78 is 0. The summed E-state index contributed by atoms with van der Waals surface area (Å²) in [6.45, 7) is 4.29. The van der Waals surface area contributed by atoms with Crippen LogP contribution in [0.3, 0.4) is 0 Å². The zero-order chi connectivity index (χ0) is 16.8. The Balaban J connectivity index is 1.47. The van der Waals surface area contributed by atoms with Gasteiger partial charge in [0.2, 0.25) is 0 Å². The molecule has 1 saturated heterocycles. The second-order valence-corrected chi connectivity index (χ2v) is 7.09. The first kappa shape index (κ1) is 17.0. The topological polar surface area (TPSA) is 15.3 Å². The molecule has 1 atom stereocenters. The van der Waals surface area contributed by atoms with Gasteiger partial charge in [0, 0.05) is 13.1 Å². The summed E-state index contributed by atoms with van der Waals surface area (Å²) >= 11 is 5.63. The number of nitrogens with zero attached hydrogens (tertiary/aromatic N) is 1. The predicted octanol–water partition coefficient (Wildman–Crippen LogP) is 4.58. The fourth-order valence-electron chi connectivity index (χ4n) is 3.39. The number of hydrogen-bond acceptors (Lipinski definition) is 1. The van der Waals surface area contributed by atoms with E-state index in [0.29, 0.717) is 0 Å². The van der Waals surface area contributed by atoms with Crippen LogP contribution in [-0.2, 0) is 6.42 Å². The molecule has 1 unspecified atom stereocenters. The molecule has 2 nitrogen and oxygen atoms in total. The number of nitrogens with one attached hydrogen (secondary N) is 1. The van der Waals surface area contributed by atoms with Crippen molar-refractivity contribution < 1.29 is 0 Å². The van der Waals surface area contributed by atoms with E-state index in [9.17, 15) is 0 Å². The van der Waals surface area contributed by atoms with E-state index in [-0.39, 0.29) is 6.04 Å². The first-order valence-corrected chi connectivity index (χ1v) is 9.27. The molecule has 0 spiro atoms. The first-order chi connectivity index (χ1) is 11.7. The minimum atomic E-state index is 0.251. The Morgan fingerprint density at radius 2 is 1.62 bits per heavy atom. The fraction of sp³-hybridized carbons (Fsp3) is 0.381. The Labute approximate surface area is 150 Å². The summed E-state index contributed by atoms with van der Waals surface area (Å²) in [7, 11) is 0. The average Bonchev–Trinajstić information content (AvgIpc) is 2.64. The van der Waals surface area contributed by atoms with Crippen molar-refractivity contribution in [2.24, 2.45) is 5.92 Å². The van der Waals surface area contributed by atoms with Crippen LogP contribution in [0.25, 0.3) is 0 Å². The molecule has 2 aromatic rings. The SMILES string of the molecule is CC(NC(=S)N1CCC(Cc2ccccc2)CC1)c1ccccc1. The summed E-state index contributed by atoms with van der Waals surface area (Å²) in [6.07, 6.45) is 3.63. The molecule has 1 aliphatic rings. The van der Waals surface area contributed by atoms with E-state index in [1.165, 1.54) is 30.4 Å². The first-order valence-electron chi connectivity index (χ1n) is 8.86. The van der Waals surface area contributed by atoms with E-state index < -0.39 is 0 Å². The van der Waals surface area contributed by atoms with Crippen LogP contribution in [-0.4, -0.2) is 23.1 Å². The number of rotatable bonds is 4. The number of hydrogen-bond donors (Lipinski definition) is 1. The third kappa shape index (κ3) is 4.57. The molecule has 3 rings (SSSR count). The van der Waals surface area contributed by atoms with Crippen molar-refractivity contribution in [2.45, 2.75) is 32.2 Å². The predicted molar refractivity (Wildman–Crippen MR) is 105 cm³/mol. The summed E-state index contributed by atoms with van der Waals surface area (Å²) in [5.74, 6) is 0.776. The van der Waals surface area contributed by atoms with Crippen molar-refractivity contribution in [3.8, 4) is 0 Å². The maximum atomic E-state index is 5.63. The lowest BCUT2D eigenvalue weighted by Crippen LogP contribution is -2.45. The van der Waals surface area contributed by atoms with Crippen LogP contribution >= 0.6 is 12.2 Å². The minimum Gasteiger partial charge on any atom is -0.356 e. The standard InChI is InChI=1S/C21H26N2S/c1-17(20-10-6-3-7-11-20)22-21(24)23-14-12-19(13-15-23)16-18-8-4-2-5-9-18/h2-11,17,19H,12-16H2,1H3,(H,22,24). The Hall–Kier alpha value is -1.87. The number of benzene rings is 2. The van der Waals surface area contributed by atoms with Gasteiger partial charge in [-0.3, -0.25) is 0 Å². The lowest BCUT2D eigenvalue weighted by atomic mass is 9.90. The average molecular weight is 339 g/mol. The highest BCUT2D eigenvalue weighted by Gasteiger charge is 2.21. The van der Waals surface area contributed by atoms with Gasteiger partial charge in [-0.1, -0.05) is 60.7 Å². The maximum absolute atomic E-state index is 5.63. The van der Waals surface area contributed by atoms with Crippen molar-refractivity contribution in [3.05, 3.63) is 71.8 Å². The van der Waals surface area contributed by atoms with E-state index in [0.717, 1.165) is 24.1 Å². The van der Waals surface area contributed by atoms with Gasteiger partial charge in [-0.2, -0.15) is 0 Å². The number of likely N-dealkylation sites (tertiary alicyclic amines) is 1. The van der Waals surface area contributed by atoms with Crippen molar-refractivity contribution in [2.75, 3.05) is 13.1 Å². The second-order valence-electron chi connectivity index (χ2n) is 6.70. The monoisotopic (exact) mass is 338 g/mol. The molecule has 1 heterocycles. The van der Waals surface area contributed by atoms with Crippen LogP contribution in [0.2, 0.25) is 0 Å². The molecule has 1 N–H and O–H groups in total. The van der Waals surface area contributed by atoms with Crippen LogP contribution in [0.4, 0.5) is 0 Å². The quantitative estimate of drug-likeness (QED) is 0.822. The third-order valence-electron chi connectivity index (χ3n) is 4.91. The number of piperidine rings is 1. The molecule has 0 bridgehead atoms. The van der Waals surface area contributed by atoms with Gasteiger partial charge in [-0.25, -0.2) is 0 Å². The van der Waals surface area contributed by atoms with Crippen molar-refractivity contribution in [3.63, 3.8) is 0 Å². The zero-order valence-electron chi connectivity index (χ0n) is 14.3. The largest absolute Gasteiger partial charge is 0.356 e. The second kappa shape index (κ2) is 8.29. The molecule has 1 aliphatic heterocycles. The molecule has 0 aliphatic carbocycles. The zero-order valence-corrected chi connectivity index (χ0v) is 15.1. The van der Waals surface area contributed by atoms with E-state index >= 15 is 0 Å². The number of thiocarbonyl (C=S) groups is 1. The van der Waals surface area contributed by atoms with E-state index in [1.54, 1.807) is 0 Å². The van der Waals surface area contributed by atoms with Crippen molar-refractivity contribution >= 4 is 17.3 Å². The molecule has 1 fully saturated rings. The Morgan fingerprint density at radius 3 is 2.25 bits per heavy atom. The molecule has 0 saturated carbocycles. The van der Waals surface area contributed by atoms with Gasteiger partial charge in [0.1, 0.15) is 0 Å². The van der Waals surface area contributed by atoms with Gasteiger partial charge in [0.15, 0.2) is 5.11 Å². The van der Waals surface area contributed by atoms with Gasteiger partial charge in [-0.05, 0) is 55.4 Å². The molecule has 24 heavy (non-hydrogen) atoms. The molecule has 0 aromatic heterocycles. The third-order valence-corrected chi connectivity index (χ3v) is 5.28. The molecule has 126 valence electrons. The van der Waals surface area contributed by atoms with Gasteiger partial charge >= 0.3 is 0 Å². The van der Waals surface area contributed by atoms with Gasteiger partial charge in [0.25, 0.3) is 0 Å². The van der Waals surface area contributed by atoms with Gasteiger partial charge in [-0.15, -0.1) is 0 Å². The summed E-state index contributed by atoms with van der Waals surface area (Å²) in [4.78, 5) is 2.33. The summed E-state index contributed by atoms with van der Waals surface area (Å²) in [6, 6.07) is 21.6. The fourth-order valence-corrected chi connectivity index (χ4v) is 3.75. The maximum Gasteiger partial charge on any atom is 0.169 e. The highest BCUT2D eigenvalue weighted by Crippen LogP contribution is 2.22. The van der Waals surface area contributed by atoms with E-state index in [4.69, 9.17) is 12.2 Å². The van der Waals surface area contributed by atoms with Crippen molar-refractivity contribution in [1.82, 2.24) is 10.2 Å². The minimum absolute atomic E-state index is 0.251. The Kier molecular flexibility index (Phi) is 5.86. The Bertz CT molecular complexity index is 633. The van der Waals surface area contributed by atoms with Crippen LogP contribution in [0.5, 0.6) is 0 Å². The van der Waals surface area contributed by atoms with Crippen LogP contribution in [0.1, 0.15) is 36.9 Å². The summed E-state index contributed by atoms with van der Waals surface area (Å²) in [5.41, 5.74) is 2.73. The highest BCUT2D eigenvalue weighted by molar-refractivity contribution is 7.80. The van der Waals surface area contributed by atoms with Crippen molar-refractivity contribution in [1.29, 1.82) is 0 Å². The normalized spacial score (nSPS) is 16.6.